The number of anilines is 1. The summed E-state index contributed by atoms with van der Waals surface area (Å²) in [5.74, 6) is -2.23. The van der Waals surface area contributed by atoms with E-state index in [-0.39, 0.29) is 12.5 Å². The number of carbonyl (C=O) groups is 1. The third kappa shape index (κ3) is 4.71. The topological polar surface area (TPSA) is 85.4 Å². The zero-order valence-corrected chi connectivity index (χ0v) is 18.0. The van der Waals surface area contributed by atoms with E-state index < -0.39 is 24.7 Å². The quantitative estimate of drug-likeness (QED) is 0.463. The molecule has 4 rings (SSSR count). The van der Waals surface area contributed by atoms with Crippen molar-refractivity contribution in [2.75, 3.05) is 18.9 Å². The molecule has 32 heavy (non-hydrogen) atoms. The summed E-state index contributed by atoms with van der Waals surface area (Å²) in [5, 5.41) is 11.0. The number of ether oxygens (including phenoxy) is 1. The summed E-state index contributed by atoms with van der Waals surface area (Å²) in [6, 6.07) is 5.51. The predicted molar refractivity (Wildman–Crippen MR) is 115 cm³/mol. The number of rotatable bonds is 6. The van der Waals surface area contributed by atoms with Gasteiger partial charge in [0, 0.05) is 39.9 Å². The Morgan fingerprint density at radius 1 is 1.34 bits per heavy atom. The van der Waals surface area contributed by atoms with Crippen molar-refractivity contribution < 1.29 is 27.8 Å². The molecule has 3 atom stereocenters. The van der Waals surface area contributed by atoms with Crippen molar-refractivity contribution >= 4 is 34.2 Å². The monoisotopic (exact) mass is 468 g/mol. The largest absolute Gasteiger partial charge is 0.490 e. The lowest BCUT2D eigenvalue weighted by molar-refractivity contribution is -0.201. The van der Waals surface area contributed by atoms with E-state index in [0.717, 1.165) is 47.1 Å². The molecule has 0 saturated carbocycles. The molecule has 3 N–H and O–H groups in total. The molecule has 0 spiro atoms. The van der Waals surface area contributed by atoms with E-state index in [1.807, 2.05) is 12.1 Å². The number of nitrogens with two attached hydrogens (primary N) is 1. The van der Waals surface area contributed by atoms with Crippen LogP contribution < -0.4 is 5.73 Å². The third-order valence-corrected chi connectivity index (χ3v) is 6.59. The maximum absolute atomic E-state index is 12.3. The van der Waals surface area contributed by atoms with Gasteiger partial charge in [-0.25, -0.2) is 4.79 Å². The second kappa shape index (κ2) is 8.90. The van der Waals surface area contributed by atoms with E-state index in [9.17, 15) is 23.1 Å². The number of aliphatic hydroxyl groups is 1. The number of allylic oxidation sites excluding steroid dienone is 2. The first-order valence-electron chi connectivity index (χ1n) is 10.6. The fourth-order valence-electron chi connectivity index (χ4n) is 4.87. The van der Waals surface area contributed by atoms with Crippen LogP contribution in [0.4, 0.5) is 18.9 Å². The fourth-order valence-corrected chi connectivity index (χ4v) is 5.03. The molecule has 0 aliphatic heterocycles. The minimum atomic E-state index is -5.03. The highest BCUT2D eigenvalue weighted by Crippen LogP contribution is 2.47. The number of aliphatic hydroxyl groups excluding tert-OH is 1. The molecule has 3 unspecified atom stereocenters. The van der Waals surface area contributed by atoms with Crippen molar-refractivity contribution in [1.82, 2.24) is 4.98 Å². The number of fused-ring (bicyclic) bond motifs is 5. The Hall–Kier alpha value is -2.32. The lowest BCUT2D eigenvalue weighted by atomic mass is 9.70. The van der Waals surface area contributed by atoms with Gasteiger partial charge >= 0.3 is 12.1 Å². The summed E-state index contributed by atoms with van der Waals surface area (Å²) >= 11 is 6.11. The number of carbonyl (C=O) groups excluding carboxylic acids is 1. The van der Waals surface area contributed by atoms with E-state index in [2.05, 4.69) is 10.8 Å². The van der Waals surface area contributed by atoms with Crippen LogP contribution in [0.5, 0.6) is 0 Å². The summed E-state index contributed by atoms with van der Waals surface area (Å²) in [6.45, 7) is -0.803. The summed E-state index contributed by atoms with van der Waals surface area (Å²) < 4.78 is 41.3. The molecule has 5 nitrogen and oxygen atoms in total. The molecule has 1 heterocycles. The van der Waals surface area contributed by atoms with Gasteiger partial charge in [-0.1, -0.05) is 23.3 Å². The summed E-state index contributed by atoms with van der Waals surface area (Å²) in [5.41, 5.74) is 11.3. The normalized spacial score (nSPS) is 21.1. The molecule has 172 valence electrons. The van der Waals surface area contributed by atoms with E-state index in [0.29, 0.717) is 23.8 Å². The van der Waals surface area contributed by atoms with Crippen LogP contribution in [0.15, 0.2) is 29.8 Å². The number of pyridine rings is 1. The van der Waals surface area contributed by atoms with Crippen molar-refractivity contribution in [3.8, 4) is 0 Å². The van der Waals surface area contributed by atoms with Crippen molar-refractivity contribution in [2.24, 2.45) is 11.8 Å². The summed E-state index contributed by atoms with van der Waals surface area (Å²) in [4.78, 5) is 15.7. The van der Waals surface area contributed by atoms with Gasteiger partial charge in [-0.15, -0.1) is 0 Å². The van der Waals surface area contributed by atoms with Gasteiger partial charge in [0.25, 0.3) is 0 Å². The first-order valence-corrected chi connectivity index (χ1v) is 11.0. The van der Waals surface area contributed by atoms with Crippen LogP contribution in [0.3, 0.4) is 0 Å². The molecular weight excluding hydrogens is 445 g/mol. The number of alkyl halides is 3. The number of benzene rings is 1. The average molecular weight is 469 g/mol. The molecular formula is C23H24ClF3N2O3. The van der Waals surface area contributed by atoms with Crippen molar-refractivity contribution in [2.45, 2.75) is 44.2 Å². The first kappa shape index (κ1) is 22.9. The van der Waals surface area contributed by atoms with Gasteiger partial charge in [0.1, 0.15) is 0 Å². The second-order valence-corrected chi connectivity index (χ2v) is 9.09. The highest BCUT2D eigenvalue weighted by molar-refractivity contribution is 6.31. The SMILES string of the molecule is Nc1c2c(nc3cc(Cl)ccc13)CC1C=C(CCC(CO)COC(=O)C(F)(F)F)CC2C1. The summed E-state index contributed by atoms with van der Waals surface area (Å²) in [6.07, 6.45) is 0.783. The van der Waals surface area contributed by atoms with Gasteiger partial charge in [-0.05, 0) is 62.1 Å². The number of nitrogen functional groups attached to an aromatic ring is 1. The highest BCUT2D eigenvalue weighted by Gasteiger charge is 2.41. The van der Waals surface area contributed by atoms with Crippen molar-refractivity contribution in [3.05, 3.63) is 46.1 Å². The second-order valence-electron chi connectivity index (χ2n) is 8.66. The average Bonchev–Trinajstić information content (AvgIpc) is 2.72. The Bertz CT molecular complexity index is 1070. The van der Waals surface area contributed by atoms with Gasteiger partial charge in [-0.2, -0.15) is 13.2 Å². The number of aromatic nitrogens is 1. The fraction of sp³-hybridized carbons (Fsp3) is 0.478. The molecule has 2 aromatic rings. The van der Waals surface area contributed by atoms with Crippen LogP contribution in [0.1, 0.15) is 42.9 Å². The van der Waals surface area contributed by atoms with Crippen LogP contribution in [-0.4, -0.2) is 35.4 Å². The molecule has 0 radical (unpaired) electrons. The summed E-state index contributed by atoms with van der Waals surface area (Å²) in [7, 11) is 0. The highest BCUT2D eigenvalue weighted by atomic mass is 35.5. The Kier molecular flexibility index (Phi) is 6.36. The van der Waals surface area contributed by atoms with Gasteiger partial charge < -0.3 is 15.6 Å². The standard InChI is InChI=1S/C23H24ClF3N2O3/c24-16-3-4-17-18(9-16)29-19-8-14-5-12(6-15(7-14)20(19)21(17)28)1-2-13(10-30)11-32-22(31)23(25,26)27/h3-5,9,13-15,30H,1-2,6-8,10-11H2,(H2,28,29). The lowest BCUT2D eigenvalue weighted by Crippen LogP contribution is -2.28. The van der Waals surface area contributed by atoms with E-state index >= 15 is 0 Å². The predicted octanol–water partition coefficient (Wildman–Crippen LogP) is 4.94. The van der Waals surface area contributed by atoms with Crippen LogP contribution in [0, 0.1) is 11.8 Å². The van der Waals surface area contributed by atoms with Crippen LogP contribution >= 0.6 is 11.6 Å². The Morgan fingerprint density at radius 3 is 2.84 bits per heavy atom. The van der Waals surface area contributed by atoms with Crippen molar-refractivity contribution in [3.63, 3.8) is 0 Å². The molecule has 0 saturated heterocycles. The van der Waals surface area contributed by atoms with Gasteiger partial charge in [0.05, 0.1) is 12.1 Å². The number of nitrogens with zero attached hydrogens (tertiary/aromatic N) is 1. The molecule has 2 aliphatic rings. The molecule has 2 bridgehead atoms. The molecule has 2 aliphatic carbocycles. The number of hydrogen-bond acceptors (Lipinski definition) is 5. The maximum Gasteiger partial charge on any atom is 0.490 e. The number of halogens is 4. The maximum atomic E-state index is 12.3. The van der Waals surface area contributed by atoms with E-state index in [1.54, 1.807) is 6.07 Å². The lowest BCUT2D eigenvalue weighted by Gasteiger charge is -2.36. The Balaban J connectivity index is 1.45. The zero-order valence-electron chi connectivity index (χ0n) is 17.3. The minimum absolute atomic E-state index is 0.229. The van der Waals surface area contributed by atoms with Crippen molar-refractivity contribution in [1.29, 1.82) is 0 Å². The third-order valence-electron chi connectivity index (χ3n) is 6.35. The smallest absolute Gasteiger partial charge is 0.459 e. The van der Waals surface area contributed by atoms with Crippen LogP contribution in [0.2, 0.25) is 5.02 Å². The van der Waals surface area contributed by atoms with Gasteiger partial charge in [-0.3, -0.25) is 4.98 Å². The zero-order chi connectivity index (χ0) is 23.0. The van der Waals surface area contributed by atoms with E-state index in [1.165, 1.54) is 5.57 Å². The van der Waals surface area contributed by atoms with E-state index in [4.69, 9.17) is 22.3 Å². The molecule has 9 heteroatoms. The molecule has 1 aromatic carbocycles. The van der Waals surface area contributed by atoms with Crippen LogP contribution in [-0.2, 0) is 16.0 Å². The molecule has 1 aromatic heterocycles. The van der Waals surface area contributed by atoms with Gasteiger partial charge in [0.15, 0.2) is 0 Å². The first-order chi connectivity index (χ1) is 15.2. The minimum Gasteiger partial charge on any atom is -0.459 e. The van der Waals surface area contributed by atoms with Gasteiger partial charge in [0.2, 0.25) is 0 Å². The number of esters is 1. The Morgan fingerprint density at radius 2 is 2.12 bits per heavy atom. The molecule has 0 amide bonds. The Labute approximate surface area is 188 Å². The molecule has 0 fully saturated rings. The number of hydrogen-bond donors (Lipinski definition) is 2. The van der Waals surface area contributed by atoms with Crippen LogP contribution in [0.25, 0.3) is 10.9 Å².